The predicted molar refractivity (Wildman–Crippen MR) is 109 cm³/mol. The molecule has 0 spiro atoms. The molecule has 1 unspecified atom stereocenters. The van der Waals surface area contributed by atoms with E-state index in [2.05, 4.69) is 10.0 Å². The molecule has 0 heterocycles. The second-order valence-electron chi connectivity index (χ2n) is 6.51. The molecule has 27 heavy (non-hydrogen) atoms. The monoisotopic (exact) mass is 390 g/mol. The quantitative estimate of drug-likeness (QED) is 0.721. The Morgan fingerprint density at radius 3 is 2.59 bits per heavy atom. The number of amides is 1. The molecular formula is C20H26N2O4S. The summed E-state index contributed by atoms with van der Waals surface area (Å²) in [4.78, 5) is 12.5. The summed E-state index contributed by atoms with van der Waals surface area (Å²) in [7, 11) is -2.18. The smallest absolute Gasteiger partial charge is 0.233 e. The maximum absolute atomic E-state index is 12.5. The first-order chi connectivity index (χ1) is 12.7. The molecule has 6 nitrogen and oxygen atoms in total. The first-order valence-corrected chi connectivity index (χ1v) is 10.4. The summed E-state index contributed by atoms with van der Waals surface area (Å²) in [5.41, 5.74) is 3.15. The molecule has 0 aliphatic carbocycles. The molecule has 0 fully saturated rings. The number of ether oxygens (including phenoxy) is 1. The average molecular weight is 391 g/mol. The van der Waals surface area contributed by atoms with E-state index >= 15 is 0 Å². The molecule has 0 bridgehead atoms. The highest BCUT2D eigenvalue weighted by Crippen LogP contribution is 2.20. The fraction of sp³-hybridized carbons (Fsp3) is 0.350. The van der Waals surface area contributed by atoms with E-state index in [9.17, 15) is 13.2 Å². The number of carbonyl (C=O) groups is 1. The third-order valence-corrected chi connectivity index (χ3v) is 5.71. The van der Waals surface area contributed by atoms with Crippen molar-refractivity contribution >= 4 is 27.3 Å². The molecule has 0 aliphatic rings. The summed E-state index contributed by atoms with van der Waals surface area (Å²) in [5, 5.41) is 2.84. The molecule has 0 aliphatic heterocycles. The van der Waals surface area contributed by atoms with E-state index in [-0.39, 0.29) is 11.7 Å². The van der Waals surface area contributed by atoms with Crippen LogP contribution in [0.25, 0.3) is 0 Å². The van der Waals surface area contributed by atoms with Crippen LogP contribution >= 0.6 is 0 Å². The first-order valence-electron chi connectivity index (χ1n) is 8.79. The zero-order chi connectivity index (χ0) is 20.0. The molecule has 1 amide bonds. The van der Waals surface area contributed by atoms with Gasteiger partial charge in [0.15, 0.2) is 0 Å². The highest BCUT2D eigenvalue weighted by molar-refractivity contribution is 7.92. The number of carbonyl (C=O) groups excluding carboxylic acids is 1. The average Bonchev–Trinajstić information content (AvgIpc) is 2.62. The lowest BCUT2D eigenvalue weighted by Gasteiger charge is -2.16. The Hall–Kier alpha value is -2.54. The number of sulfonamides is 1. The number of rotatable bonds is 8. The number of hydrogen-bond donors (Lipinski definition) is 2. The van der Waals surface area contributed by atoms with Crippen molar-refractivity contribution < 1.29 is 17.9 Å². The predicted octanol–water partition coefficient (Wildman–Crippen LogP) is 3.58. The van der Waals surface area contributed by atoms with Gasteiger partial charge in [0.2, 0.25) is 15.9 Å². The maximum Gasteiger partial charge on any atom is 0.233 e. The van der Waals surface area contributed by atoms with E-state index in [1.165, 1.54) is 7.11 Å². The van der Waals surface area contributed by atoms with Crippen LogP contribution in [0.4, 0.5) is 11.4 Å². The molecule has 0 saturated carbocycles. The Morgan fingerprint density at radius 2 is 1.93 bits per heavy atom. The normalized spacial score (nSPS) is 12.3. The van der Waals surface area contributed by atoms with Gasteiger partial charge in [-0.1, -0.05) is 32.0 Å². The Morgan fingerprint density at radius 1 is 1.19 bits per heavy atom. The van der Waals surface area contributed by atoms with Gasteiger partial charge < -0.3 is 10.1 Å². The Kier molecular flexibility index (Phi) is 6.85. The van der Waals surface area contributed by atoms with Crippen molar-refractivity contribution in [2.45, 2.75) is 27.2 Å². The van der Waals surface area contributed by atoms with Crippen LogP contribution in [0, 0.1) is 12.8 Å². The van der Waals surface area contributed by atoms with Crippen molar-refractivity contribution in [1.82, 2.24) is 0 Å². The molecule has 0 aromatic heterocycles. The lowest BCUT2D eigenvalue weighted by Crippen LogP contribution is -2.30. The summed E-state index contributed by atoms with van der Waals surface area (Å²) < 4.78 is 32.4. The highest BCUT2D eigenvalue weighted by Gasteiger charge is 2.22. The summed E-state index contributed by atoms with van der Waals surface area (Å²) in [6.45, 7) is 5.54. The molecule has 0 radical (unpaired) electrons. The van der Waals surface area contributed by atoms with Crippen LogP contribution in [-0.2, 0) is 21.2 Å². The largest absolute Gasteiger partial charge is 0.497 e. The van der Waals surface area contributed by atoms with E-state index in [0.717, 1.165) is 17.5 Å². The SMILES string of the molecule is CCc1ccc(C)c(NC(=O)C(C)CS(=O)(=O)Nc2cccc(OC)c2)c1. The van der Waals surface area contributed by atoms with E-state index in [4.69, 9.17) is 4.74 Å². The number of benzene rings is 2. The van der Waals surface area contributed by atoms with E-state index < -0.39 is 15.9 Å². The van der Waals surface area contributed by atoms with Gasteiger partial charge in [-0.2, -0.15) is 0 Å². The molecule has 2 aromatic carbocycles. The summed E-state index contributed by atoms with van der Waals surface area (Å²) >= 11 is 0. The minimum atomic E-state index is -3.69. The van der Waals surface area contributed by atoms with E-state index in [1.54, 1.807) is 31.2 Å². The minimum Gasteiger partial charge on any atom is -0.497 e. The van der Waals surface area contributed by atoms with Crippen molar-refractivity contribution in [2.75, 3.05) is 22.9 Å². The van der Waals surface area contributed by atoms with Gasteiger partial charge in [0, 0.05) is 11.8 Å². The van der Waals surface area contributed by atoms with Crippen LogP contribution < -0.4 is 14.8 Å². The van der Waals surface area contributed by atoms with Gasteiger partial charge in [0.05, 0.1) is 24.5 Å². The highest BCUT2D eigenvalue weighted by atomic mass is 32.2. The standard InChI is InChI=1S/C20H26N2O4S/c1-5-16-10-9-14(2)19(11-16)21-20(23)15(3)13-27(24,25)22-17-7-6-8-18(12-17)26-4/h6-12,15,22H,5,13H2,1-4H3,(H,21,23). The lowest BCUT2D eigenvalue weighted by molar-refractivity contribution is -0.118. The molecule has 2 N–H and O–H groups in total. The molecular weight excluding hydrogens is 364 g/mol. The van der Waals surface area contributed by atoms with Crippen molar-refractivity contribution in [3.8, 4) is 5.75 Å². The fourth-order valence-corrected chi connectivity index (χ4v) is 3.97. The molecule has 2 rings (SSSR count). The van der Waals surface area contributed by atoms with Gasteiger partial charge in [0.1, 0.15) is 5.75 Å². The molecule has 2 aromatic rings. The lowest BCUT2D eigenvalue weighted by atomic mass is 10.1. The Balaban J connectivity index is 2.04. The van der Waals surface area contributed by atoms with Crippen LogP contribution in [-0.4, -0.2) is 27.2 Å². The fourth-order valence-electron chi connectivity index (χ4n) is 2.59. The second kappa shape index (κ2) is 8.90. The molecule has 7 heteroatoms. The second-order valence-corrected chi connectivity index (χ2v) is 8.28. The Labute approximate surface area is 161 Å². The van der Waals surface area contributed by atoms with Crippen molar-refractivity contribution in [3.05, 3.63) is 53.6 Å². The van der Waals surface area contributed by atoms with Gasteiger partial charge in [-0.05, 0) is 42.7 Å². The van der Waals surface area contributed by atoms with Crippen LogP contribution in [0.3, 0.4) is 0 Å². The minimum absolute atomic E-state index is 0.317. The van der Waals surface area contributed by atoms with Gasteiger partial charge >= 0.3 is 0 Å². The van der Waals surface area contributed by atoms with Crippen LogP contribution in [0.1, 0.15) is 25.0 Å². The Bertz CT molecular complexity index is 910. The third kappa shape index (κ3) is 5.99. The summed E-state index contributed by atoms with van der Waals surface area (Å²) in [6.07, 6.45) is 0.859. The van der Waals surface area contributed by atoms with E-state index in [1.807, 2.05) is 32.0 Å². The third-order valence-electron chi connectivity index (χ3n) is 4.23. The van der Waals surface area contributed by atoms with Gasteiger partial charge in [-0.15, -0.1) is 0 Å². The number of hydrogen-bond acceptors (Lipinski definition) is 4. The van der Waals surface area contributed by atoms with Crippen molar-refractivity contribution in [1.29, 1.82) is 0 Å². The van der Waals surface area contributed by atoms with Crippen LogP contribution in [0.15, 0.2) is 42.5 Å². The topological polar surface area (TPSA) is 84.5 Å². The number of aryl methyl sites for hydroxylation is 2. The molecule has 146 valence electrons. The number of methoxy groups -OCH3 is 1. The van der Waals surface area contributed by atoms with Gasteiger partial charge in [0.25, 0.3) is 0 Å². The van der Waals surface area contributed by atoms with Crippen LogP contribution in [0.5, 0.6) is 5.75 Å². The van der Waals surface area contributed by atoms with Crippen molar-refractivity contribution in [3.63, 3.8) is 0 Å². The first kappa shape index (κ1) is 20.8. The van der Waals surface area contributed by atoms with Gasteiger partial charge in [-0.3, -0.25) is 9.52 Å². The molecule has 1 atom stereocenters. The summed E-state index contributed by atoms with van der Waals surface area (Å²) in [6, 6.07) is 12.5. The van der Waals surface area contributed by atoms with Crippen molar-refractivity contribution in [2.24, 2.45) is 5.92 Å². The maximum atomic E-state index is 12.5. The number of anilines is 2. The summed E-state index contributed by atoms with van der Waals surface area (Å²) in [5.74, 6) is -0.810. The molecule has 0 saturated heterocycles. The van der Waals surface area contributed by atoms with Gasteiger partial charge in [-0.25, -0.2) is 8.42 Å². The van der Waals surface area contributed by atoms with E-state index in [0.29, 0.717) is 17.1 Å². The van der Waals surface area contributed by atoms with Crippen LogP contribution in [0.2, 0.25) is 0 Å². The zero-order valence-corrected chi connectivity index (χ0v) is 16.9. The number of nitrogens with one attached hydrogen (secondary N) is 2. The zero-order valence-electron chi connectivity index (χ0n) is 16.1.